The predicted octanol–water partition coefficient (Wildman–Crippen LogP) is 2.23. The molecule has 6 heteroatoms. The molecule has 0 unspecified atom stereocenters. The van der Waals surface area contributed by atoms with Crippen molar-refractivity contribution in [1.29, 1.82) is 0 Å². The number of aromatic nitrogens is 2. The first-order chi connectivity index (χ1) is 8.71. The van der Waals surface area contributed by atoms with Crippen molar-refractivity contribution < 1.29 is 4.74 Å². The number of nitrogens with two attached hydrogens (primary N) is 1. The maximum Gasteiger partial charge on any atom is 0.144 e. The number of methoxy groups -OCH3 is 1. The number of hydrogen-bond donors (Lipinski definition) is 2. The number of benzene rings is 1. The van der Waals surface area contributed by atoms with Crippen LogP contribution in [-0.2, 0) is 0 Å². The molecule has 0 fully saturated rings. The number of hydrazine groups is 1. The molecule has 5 nitrogen and oxygen atoms in total. The SMILES string of the molecule is COc1ccc(Sc2cc(NN)nc(C)n2)cc1. The highest BCUT2D eigenvalue weighted by Gasteiger charge is 2.03. The Bertz CT molecular complexity index is 530. The van der Waals surface area contributed by atoms with Crippen molar-refractivity contribution in [1.82, 2.24) is 9.97 Å². The molecule has 0 aliphatic heterocycles. The second kappa shape index (κ2) is 5.70. The van der Waals surface area contributed by atoms with Crippen LogP contribution in [0.2, 0.25) is 0 Å². The fourth-order valence-electron chi connectivity index (χ4n) is 1.43. The molecule has 0 aliphatic carbocycles. The van der Waals surface area contributed by atoms with Crippen LogP contribution in [-0.4, -0.2) is 17.1 Å². The Labute approximate surface area is 110 Å². The van der Waals surface area contributed by atoms with Gasteiger partial charge in [0.2, 0.25) is 0 Å². The zero-order chi connectivity index (χ0) is 13.0. The number of anilines is 1. The summed E-state index contributed by atoms with van der Waals surface area (Å²) in [6, 6.07) is 9.60. The molecule has 1 aromatic carbocycles. The van der Waals surface area contributed by atoms with Crippen LogP contribution < -0.4 is 16.0 Å². The first-order valence-electron chi connectivity index (χ1n) is 5.35. The van der Waals surface area contributed by atoms with E-state index in [1.807, 2.05) is 37.3 Å². The van der Waals surface area contributed by atoms with Crippen LogP contribution in [0.1, 0.15) is 5.82 Å². The Balaban J connectivity index is 2.19. The van der Waals surface area contributed by atoms with E-state index in [1.54, 1.807) is 18.9 Å². The predicted molar refractivity (Wildman–Crippen MR) is 71.7 cm³/mol. The van der Waals surface area contributed by atoms with Crippen molar-refractivity contribution in [3.05, 3.63) is 36.2 Å². The lowest BCUT2D eigenvalue weighted by Crippen LogP contribution is -2.09. The van der Waals surface area contributed by atoms with Crippen LogP contribution in [0.3, 0.4) is 0 Å². The van der Waals surface area contributed by atoms with Gasteiger partial charge in [0.05, 0.1) is 7.11 Å². The van der Waals surface area contributed by atoms with Crippen molar-refractivity contribution >= 4 is 17.6 Å². The minimum atomic E-state index is 0.610. The summed E-state index contributed by atoms with van der Waals surface area (Å²) < 4.78 is 5.11. The average Bonchev–Trinajstić information content (AvgIpc) is 2.39. The van der Waals surface area contributed by atoms with Gasteiger partial charge in [0.1, 0.15) is 22.4 Å². The Morgan fingerprint density at radius 2 is 1.94 bits per heavy atom. The van der Waals surface area contributed by atoms with Crippen molar-refractivity contribution in [2.24, 2.45) is 5.84 Å². The molecule has 0 spiro atoms. The van der Waals surface area contributed by atoms with E-state index in [2.05, 4.69) is 15.4 Å². The Hall–Kier alpha value is -1.79. The van der Waals surface area contributed by atoms with E-state index >= 15 is 0 Å². The Kier molecular flexibility index (Phi) is 4.01. The third-order valence-electron chi connectivity index (χ3n) is 2.24. The first-order valence-corrected chi connectivity index (χ1v) is 6.17. The van der Waals surface area contributed by atoms with Crippen LogP contribution >= 0.6 is 11.8 Å². The number of hydrogen-bond acceptors (Lipinski definition) is 6. The minimum absolute atomic E-state index is 0.610. The summed E-state index contributed by atoms with van der Waals surface area (Å²) in [4.78, 5) is 9.57. The molecular weight excluding hydrogens is 248 g/mol. The third kappa shape index (κ3) is 3.12. The summed E-state index contributed by atoms with van der Waals surface area (Å²) in [5.41, 5.74) is 2.53. The zero-order valence-corrected chi connectivity index (χ0v) is 11.0. The Morgan fingerprint density at radius 3 is 2.56 bits per heavy atom. The van der Waals surface area contributed by atoms with E-state index < -0.39 is 0 Å². The van der Waals surface area contributed by atoms with Gasteiger partial charge in [-0.1, -0.05) is 11.8 Å². The van der Waals surface area contributed by atoms with Gasteiger partial charge in [0.15, 0.2) is 0 Å². The maximum atomic E-state index is 5.35. The summed E-state index contributed by atoms with van der Waals surface area (Å²) >= 11 is 1.55. The van der Waals surface area contributed by atoms with Gasteiger partial charge in [-0.3, -0.25) is 0 Å². The number of nitrogens with one attached hydrogen (secondary N) is 1. The lowest BCUT2D eigenvalue weighted by atomic mass is 10.3. The molecule has 3 N–H and O–H groups in total. The molecule has 2 rings (SSSR count). The summed E-state index contributed by atoms with van der Waals surface area (Å²) in [6.07, 6.45) is 0. The van der Waals surface area contributed by atoms with E-state index in [0.29, 0.717) is 11.6 Å². The highest BCUT2D eigenvalue weighted by molar-refractivity contribution is 7.99. The van der Waals surface area contributed by atoms with Crippen LogP contribution in [0.15, 0.2) is 40.3 Å². The number of nitrogen functional groups attached to an aromatic ring is 1. The minimum Gasteiger partial charge on any atom is -0.497 e. The molecule has 0 saturated heterocycles. The molecule has 0 saturated carbocycles. The highest BCUT2D eigenvalue weighted by atomic mass is 32.2. The monoisotopic (exact) mass is 262 g/mol. The van der Waals surface area contributed by atoms with E-state index in [-0.39, 0.29) is 0 Å². The summed E-state index contributed by atoms with van der Waals surface area (Å²) in [5, 5.41) is 0.848. The number of ether oxygens (including phenoxy) is 1. The molecule has 0 atom stereocenters. The van der Waals surface area contributed by atoms with Crippen molar-refractivity contribution in [2.45, 2.75) is 16.8 Å². The van der Waals surface area contributed by atoms with E-state index in [4.69, 9.17) is 10.6 Å². The molecular formula is C12H14N4OS. The molecule has 18 heavy (non-hydrogen) atoms. The van der Waals surface area contributed by atoms with Gasteiger partial charge in [0, 0.05) is 11.0 Å². The summed E-state index contributed by atoms with van der Waals surface area (Å²) in [7, 11) is 1.65. The highest BCUT2D eigenvalue weighted by Crippen LogP contribution is 2.28. The smallest absolute Gasteiger partial charge is 0.144 e. The topological polar surface area (TPSA) is 73.1 Å². The van der Waals surface area contributed by atoms with Gasteiger partial charge in [-0.2, -0.15) is 0 Å². The lowest BCUT2D eigenvalue weighted by Gasteiger charge is -2.05. The van der Waals surface area contributed by atoms with Gasteiger partial charge in [0.25, 0.3) is 0 Å². The fourth-order valence-corrected chi connectivity index (χ4v) is 2.29. The van der Waals surface area contributed by atoms with Gasteiger partial charge in [-0.05, 0) is 31.2 Å². The first kappa shape index (κ1) is 12.7. The van der Waals surface area contributed by atoms with Crippen molar-refractivity contribution in [2.75, 3.05) is 12.5 Å². The molecule has 0 bridgehead atoms. The summed E-state index contributed by atoms with van der Waals surface area (Å²) in [5.74, 6) is 7.48. The Morgan fingerprint density at radius 1 is 1.22 bits per heavy atom. The van der Waals surface area contributed by atoms with Gasteiger partial charge in [-0.25, -0.2) is 15.8 Å². The molecule has 94 valence electrons. The van der Waals surface area contributed by atoms with Gasteiger partial charge < -0.3 is 10.2 Å². The molecule has 2 aromatic rings. The van der Waals surface area contributed by atoms with Gasteiger partial charge in [-0.15, -0.1) is 0 Å². The van der Waals surface area contributed by atoms with Crippen LogP contribution in [0.5, 0.6) is 5.75 Å². The third-order valence-corrected chi connectivity index (χ3v) is 3.17. The second-order valence-corrected chi connectivity index (χ2v) is 4.65. The van der Waals surface area contributed by atoms with Gasteiger partial charge >= 0.3 is 0 Å². The van der Waals surface area contributed by atoms with E-state index in [1.165, 1.54) is 0 Å². The maximum absolute atomic E-state index is 5.35. The normalized spacial score (nSPS) is 10.2. The molecule has 0 radical (unpaired) electrons. The molecule has 0 amide bonds. The van der Waals surface area contributed by atoms with Crippen LogP contribution in [0.4, 0.5) is 5.82 Å². The second-order valence-electron chi connectivity index (χ2n) is 3.56. The lowest BCUT2D eigenvalue weighted by molar-refractivity contribution is 0.414. The van der Waals surface area contributed by atoms with Crippen molar-refractivity contribution in [3.8, 4) is 5.75 Å². The number of rotatable bonds is 4. The van der Waals surface area contributed by atoms with Crippen molar-refractivity contribution in [3.63, 3.8) is 0 Å². The van der Waals surface area contributed by atoms with Crippen LogP contribution in [0, 0.1) is 6.92 Å². The zero-order valence-electron chi connectivity index (χ0n) is 10.2. The molecule has 1 aromatic heterocycles. The largest absolute Gasteiger partial charge is 0.497 e. The summed E-state index contributed by atoms with van der Waals surface area (Å²) in [6.45, 7) is 1.83. The number of aryl methyl sites for hydroxylation is 1. The molecule has 1 heterocycles. The van der Waals surface area contributed by atoms with Crippen LogP contribution in [0.25, 0.3) is 0 Å². The van der Waals surface area contributed by atoms with E-state index in [9.17, 15) is 0 Å². The standard InChI is InChI=1S/C12H14N4OS/c1-8-14-11(16-13)7-12(15-8)18-10-5-3-9(17-2)4-6-10/h3-7H,13H2,1-2H3,(H,14,15,16). The fraction of sp³-hybridized carbons (Fsp3) is 0.167. The quantitative estimate of drug-likeness (QED) is 0.500. The number of nitrogens with zero attached hydrogens (tertiary/aromatic N) is 2. The van der Waals surface area contributed by atoms with E-state index in [0.717, 1.165) is 15.7 Å². The molecule has 0 aliphatic rings. The average molecular weight is 262 g/mol.